The van der Waals surface area contributed by atoms with Gasteiger partial charge in [0.15, 0.2) is 0 Å². The molecule has 0 bridgehead atoms. The number of hydrogen-bond donors (Lipinski definition) is 0. The van der Waals surface area contributed by atoms with Gasteiger partial charge in [0.1, 0.15) is 10.6 Å². The molecule has 3 aromatic rings. The van der Waals surface area contributed by atoms with Gasteiger partial charge in [-0.15, -0.1) is 21.5 Å². The number of nitrogens with zero attached hydrogens (tertiary/aromatic N) is 3. The Morgan fingerprint density at radius 2 is 2.17 bits per heavy atom. The van der Waals surface area contributed by atoms with Crippen molar-refractivity contribution in [3.8, 4) is 16.5 Å². The molecule has 0 saturated heterocycles. The first-order valence-electron chi connectivity index (χ1n) is 6.91. The number of halogens is 1. The second kappa shape index (κ2) is 7.33. The average molecular weight is 368 g/mol. The SMILES string of the molecule is Cc1nc(C)c(-c2nnc(SCCOc3cccc(Cl)c3)o2)s1. The van der Waals surface area contributed by atoms with E-state index in [-0.39, 0.29) is 0 Å². The third-order valence-electron chi connectivity index (χ3n) is 2.88. The number of rotatable bonds is 6. The number of aryl methyl sites for hydroxylation is 2. The van der Waals surface area contributed by atoms with Gasteiger partial charge in [-0.05, 0) is 32.0 Å². The van der Waals surface area contributed by atoms with Crippen LogP contribution in [0.4, 0.5) is 0 Å². The molecule has 5 nitrogen and oxygen atoms in total. The Morgan fingerprint density at radius 3 is 2.91 bits per heavy atom. The van der Waals surface area contributed by atoms with E-state index in [0.29, 0.717) is 28.5 Å². The fourth-order valence-electron chi connectivity index (χ4n) is 1.93. The Bertz CT molecular complexity index is 804. The maximum Gasteiger partial charge on any atom is 0.277 e. The van der Waals surface area contributed by atoms with E-state index in [2.05, 4.69) is 15.2 Å². The Hall–Kier alpha value is -1.57. The van der Waals surface area contributed by atoms with Crippen molar-refractivity contribution in [3.63, 3.8) is 0 Å². The van der Waals surface area contributed by atoms with Crippen LogP contribution in [0, 0.1) is 13.8 Å². The minimum Gasteiger partial charge on any atom is -0.493 e. The normalized spacial score (nSPS) is 10.9. The van der Waals surface area contributed by atoms with Crippen LogP contribution in [0.2, 0.25) is 5.02 Å². The smallest absolute Gasteiger partial charge is 0.277 e. The van der Waals surface area contributed by atoms with E-state index in [0.717, 1.165) is 21.3 Å². The number of aromatic nitrogens is 3. The quantitative estimate of drug-likeness (QED) is 0.467. The van der Waals surface area contributed by atoms with Crippen molar-refractivity contribution < 1.29 is 9.15 Å². The Morgan fingerprint density at radius 1 is 1.30 bits per heavy atom. The molecule has 8 heteroatoms. The molecule has 0 unspecified atom stereocenters. The summed E-state index contributed by atoms with van der Waals surface area (Å²) in [5, 5.41) is 10.3. The summed E-state index contributed by atoms with van der Waals surface area (Å²) < 4.78 is 11.3. The topological polar surface area (TPSA) is 61.0 Å². The summed E-state index contributed by atoms with van der Waals surface area (Å²) in [6, 6.07) is 7.32. The van der Waals surface area contributed by atoms with Crippen molar-refractivity contribution in [2.45, 2.75) is 19.1 Å². The lowest BCUT2D eigenvalue weighted by molar-refractivity contribution is 0.343. The molecule has 1 aromatic carbocycles. The molecule has 120 valence electrons. The van der Waals surface area contributed by atoms with Gasteiger partial charge >= 0.3 is 0 Å². The summed E-state index contributed by atoms with van der Waals surface area (Å²) in [7, 11) is 0. The first-order valence-corrected chi connectivity index (χ1v) is 9.09. The molecule has 0 N–H and O–H groups in total. The molecule has 0 aliphatic rings. The summed E-state index contributed by atoms with van der Waals surface area (Å²) in [5.74, 6) is 1.97. The lowest BCUT2D eigenvalue weighted by Gasteiger charge is -2.04. The monoisotopic (exact) mass is 367 g/mol. The van der Waals surface area contributed by atoms with E-state index in [1.54, 1.807) is 17.4 Å². The molecule has 0 atom stereocenters. The third kappa shape index (κ3) is 4.25. The van der Waals surface area contributed by atoms with E-state index in [4.69, 9.17) is 20.8 Å². The summed E-state index contributed by atoms with van der Waals surface area (Å²) in [6.45, 7) is 4.43. The van der Waals surface area contributed by atoms with Crippen LogP contribution in [0.15, 0.2) is 33.9 Å². The largest absolute Gasteiger partial charge is 0.493 e. The number of thiazole rings is 1. The van der Waals surface area contributed by atoms with E-state index in [1.165, 1.54) is 11.8 Å². The van der Waals surface area contributed by atoms with Crippen molar-refractivity contribution in [3.05, 3.63) is 40.0 Å². The predicted molar refractivity (Wildman–Crippen MR) is 92.6 cm³/mol. The van der Waals surface area contributed by atoms with Gasteiger partial charge in [-0.1, -0.05) is 29.4 Å². The summed E-state index contributed by atoms with van der Waals surface area (Å²) in [5.41, 5.74) is 0.914. The molecule has 23 heavy (non-hydrogen) atoms. The highest BCUT2D eigenvalue weighted by atomic mass is 35.5. The van der Waals surface area contributed by atoms with Crippen LogP contribution in [0.5, 0.6) is 5.75 Å². The summed E-state index contributed by atoms with van der Waals surface area (Å²) >= 11 is 8.92. The molecular formula is C15H14ClN3O2S2. The molecule has 0 amide bonds. The Labute approximate surface area is 147 Å². The number of thioether (sulfide) groups is 1. The molecule has 0 spiro atoms. The first kappa shape index (κ1) is 16.3. The van der Waals surface area contributed by atoms with Crippen molar-refractivity contribution in [1.82, 2.24) is 15.2 Å². The highest BCUT2D eigenvalue weighted by molar-refractivity contribution is 7.99. The van der Waals surface area contributed by atoms with Crippen LogP contribution in [0.25, 0.3) is 10.8 Å². The number of hydrogen-bond acceptors (Lipinski definition) is 7. The highest BCUT2D eigenvalue weighted by Gasteiger charge is 2.15. The van der Waals surface area contributed by atoms with Crippen molar-refractivity contribution in [1.29, 1.82) is 0 Å². The average Bonchev–Trinajstić information content (AvgIpc) is 3.10. The van der Waals surface area contributed by atoms with Gasteiger partial charge in [0.25, 0.3) is 11.1 Å². The van der Waals surface area contributed by atoms with Crippen LogP contribution in [-0.4, -0.2) is 27.5 Å². The van der Waals surface area contributed by atoms with E-state index >= 15 is 0 Å². The fourth-order valence-corrected chi connectivity index (χ4v) is 3.53. The van der Waals surface area contributed by atoms with Gasteiger partial charge in [0, 0.05) is 10.8 Å². The molecule has 0 aliphatic carbocycles. The van der Waals surface area contributed by atoms with Crippen LogP contribution < -0.4 is 4.74 Å². The summed E-state index contributed by atoms with van der Waals surface area (Å²) in [4.78, 5) is 5.29. The second-order valence-corrected chi connectivity index (χ2v) is 7.36. The van der Waals surface area contributed by atoms with Crippen LogP contribution >= 0.6 is 34.7 Å². The van der Waals surface area contributed by atoms with E-state index in [1.807, 2.05) is 32.0 Å². The van der Waals surface area contributed by atoms with Gasteiger partial charge in [-0.2, -0.15) is 0 Å². The molecule has 0 saturated carbocycles. The van der Waals surface area contributed by atoms with Gasteiger partial charge < -0.3 is 9.15 Å². The number of ether oxygens (including phenoxy) is 1. The predicted octanol–water partition coefficient (Wildman–Crippen LogP) is 4.63. The van der Waals surface area contributed by atoms with Gasteiger partial charge in [0.05, 0.1) is 17.3 Å². The fraction of sp³-hybridized carbons (Fsp3) is 0.267. The Balaban J connectivity index is 1.52. The minimum absolute atomic E-state index is 0.520. The van der Waals surface area contributed by atoms with Crippen LogP contribution in [0.3, 0.4) is 0 Å². The van der Waals surface area contributed by atoms with Crippen LogP contribution in [-0.2, 0) is 0 Å². The Kier molecular flexibility index (Phi) is 5.20. The summed E-state index contributed by atoms with van der Waals surface area (Å²) in [6.07, 6.45) is 0. The second-order valence-electron chi connectivity index (χ2n) is 4.67. The standard InChI is InChI=1S/C15H14ClN3O2S2/c1-9-13(23-10(2)17-9)14-18-19-15(21-14)22-7-6-20-12-5-3-4-11(16)8-12/h3-5,8H,6-7H2,1-2H3. The third-order valence-corrected chi connectivity index (χ3v) is 4.96. The zero-order chi connectivity index (χ0) is 16.2. The van der Waals surface area contributed by atoms with E-state index in [9.17, 15) is 0 Å². The molecule has 0 fully saturated rings. The van der Waals surface area contributed by atoms with E-state index < -0.39 is 0 Å². The van der Waals surface area contributed by atoms with Crippen molar-refractivity contribution in [2.24, 2.45) is 0 Å². The zero-order valence-corrected chi connectivity index (χ0v) is 15.0. The lowest BCUT2D eigenvalue weighted by Crippen LogP contribution is -1.99. The van der Waals surface area contributed by atoms with Crippen molar-refractivity contribution >= 4 is 34.7 Å². The molecule has 0 radical (unpaired) electrons. The lowest BCUT2D eigenvalue weighted by atomic mass is 10.3. The molecule has 2 aromatic heterocycles. The highest BCUT2D eigenvalue weighted by Crippen LogP contribution is 2.30. The maximum absolute atomic E-state index is 5.91. The van der Waals surface area contributed by atoms with Crippen molar-refractivity contribution in [2.75, 3.05) is 12.4 Å². The number of benzene rings is 1. The van der Waals surface area contributed by atoms with Crippen LogP contribution in [0.1, 0.15) is 10.7 Å². The molecule has 2 heterocycles. The molecular weight excluding hydrogens is 354 g/mol. The maximum atomic E-state index is 5.91. The van der Waals surface area contributed by atoms with Gasteiger partial charge in [-0.25, -0.2) is 4.98 Å². The first-order chi connectivity index (χ1) is 11.1. The minimum atomic E-state index is 0.520. The molecule has 0 aliphatic heterocycles. The molecule has 3 rings (SSSR count). The zero-order valence-electron chi connectivity index (χ0n) is 12.6. The van der Waals surface area contributed by atoms with Gasteiger partial charge in [0.2, 0.25) is 0 Å². The van der Waals surface area contributed by atoms with Gasteiger partial charge in [-0.3, -0.25) is 0 Å².